The van der Waals surface area contributed by atoms with E-state index in [1.807, 2.05) is 25.2 Å². The molecule has 0 bridgehead atoms. The molecule has 0 fully saturated rings. The highest BCUT2D eigenvalue weighted by Gasteiger charge is 2.30. The number of hydrogen-bond acceptors (Lipinski definition) is 4. The number of carbonyl (C=O) groups is 1. The van der Waals surface area contributed by atoms with E-state index in [1.54, 1.807) is 23.9 Å². The normalized spacial score (nSPS) is 12.2. The lowest BCUT2D eigenvalue weighted by atomic mass is 10.1. The highest BCUT2D eigenvalue weighted by molar-refractivity contribution is 5.76. The zero-order chi connectivity index (χ0) is 24.4. The van der Waals surface area contributed by atoms with Crippen LogP contribution in [0.25, 0.3) is 11.3 Å². The fourth-order valence-electron chi connectivity index (χ4n) is 3.27. The molecular weight excluding hydrogens is 435 g/mol. The first-order valence-electron chi connectivity index (χ1n) is 10.3. The first-order chi connectivity index (χ1) is 15.3. The maximum absolute atomic E-state index is 12.8. The number of hydrogen-bond donors (Lipinski definition) is 1. The van der Waals surface area contributed by atoms with Crippen molar-refractivity contribution in [1.29, 1.82) is 0 Å². The van der Waals surface area contributed by atoms with Crippen LogP contribution in [-0.4, -0.2) is 38.4 Å². The number of aryl methyl sites for hydroxylation is 1. The highest BCUT2D eigenvalue weighted by Crippen LogP contribution is 2.31. The van der Waals surface area contributed by atoms with E-state index in [-0.39, 0.29) is 0 Å². The smallest absolute Gasteiger partial charge is 0.416 e. The predicted octanol–water partition coefficient (Wildman–Crippen LogP) is 4.98. The Kier molecular flexibility index (Phi) is 6.83. The van der Waals surface area contributed by atoms with Gasteiger partial charge in [0.25, 0.3) is 0 Å². The average molecular weight is 461 g/mol. The maximum atomic E-state index is 12.8. The van der Waals surface area contributed by atoms with Gasteiger partial charge in [-0.3, -0.25) is 9.58 Å². The van der Waals surface area contributed by atoms with Crippen LogP contribution in [0.4, 0.5) is 13.2 Å². The van der Waals surface area contributed by atoms with E-state index in [4.69, 9.17) is 4.74 Å². The maximum Gasteiger partial charge on any atom is 0.416 e. The minimum Gasteiger partial charge on any atom is -0.478 e. The van der Waals surface area contributed by atoms with Gasteiger partial charge in [0.1, 0.15) is 5.75 Å². The molecule has 0 aliphatic heterocycles. The largest absolute Gasteiger partial charge is 0.478 e. The van der Waals surface area contributed by atoms with Crippen LogP contribution in [0.15, 0.2) is 54.6 Å². The van der Waals surface area contributed by atoms with E-state index < -0.39 is 23.3 Å². The second kappa shape index (κ2) is 9.27. The third kappa shape index (κ3) is 6.13. The molecule has 3 rings (SSSR count). The Labute approximate surface area is 190 Å². The topological polar surface area (TPSA) is 67.6 Å². The molecule has 0 spiro atoms. The molecule has 0 amide bonds. The van der Waals surface area contributed by atoms with Gasteiger partial charge in [0.2, 0.25) is 0 Å². The minimum absolute atomic E-state index is 0.474. The zero-order valence-corrected chi connectivity index (χ0v) is 18.8. The van der Waals surface area contributed by atoms with Gasteiger partial charge in [0, 0.05) is 25.7 Å². The average Bonchev–Trinajstić information content (AvgIpc) is 3.09. The summed E-state index contributed by atoms with van der Waals surface area (Å²) < 4.78 is 45.6. The lowest BCUT2D eigenvalue weighted by molar-refractivity contribution is -0.152. The van der Waals surface area contributed by atoms with Gasteiger partial charge in [-0.05, 0) is 56.8 Å². The highest BCUT2D eigenvalue weighted by atomic mass is 19.4. The Bertz CT molecular complexity index is 1100. The van der Waals surface area contributed by atoms with Gasteiger partial charge >= 0.3 is 12.1 Å². The Hall–Kier alpha value is -3.33. The number of halogens is 3. The summed E-state index contributed by atoms with van der Waals surface area (Å²) >= 11 is 0. The molecule has 0 radical (unpaired) electrons. The second-order valence-electron chi connectivity index (χ2n) is 8.45. The predicted molar refractivity (Wildman–Crippen MR) is 118 cm³/mol. The number of rotatable bonds is 8. The third-order valence-electron chi connectivity index (χ3n) is 5.18. The Morgan fingerprint density at radius 3 is 2.21 bits per heavy atom. The first kappa shape index (κ1) is 24.3. The molecular formula is C24H26F3N3O3. The van der Waals surface area contributed by atoms with Gasteiger partial charge in [0.15, 0.2) is 5.60 Å². The Balaban J connectivity index is 1.63. The summed E-state index contributed by atoms with van der Waals surface area (Å²) in [4.78, 5) is 13.3. The van der Waals surface area contributed by atoms with Crippen molar-refractivity contribution in [2.24, 2.45) is 7.05 Å². The standard InChI is InChI=1S/C24H26F3N3O3/c1-23(2,22(31)32)33-20-11-5-16(6-12-20)14-29(3)15-19-13-21(28-30(19)4)17-7-9-18(10-8-17)24(25,26)27/h5-13H,14-15H2,1-4H3,(H,31,32). The molecule has 1 heterocycles. The van der Waals surface area contributed by atoms with E-state index in [2.05, 4.69) is 10.00 Å². The van der Waals surface area contributed by atoms with Gasteiger partial charge in [-0.1, -0.05) is 24.3 Å². The minimum atomic E-state index is -4.37. The lowest BCUT2D eigenvalue weighted by Gasteiger charge is -2.22. The molecule has 2 aromatic carbocycles. The van der Waals surface area contributed by atoms with E-state index in [9.17, 15) is 23.1 Å². The first-order valence-corrected chi connectivity index (χ1v) is 10.3. The molecule has 1 aromatic heterocycles. The van der Waals surface area contributed by atoms with Gasteiger partial charge in [-0.15, -0.1) is 0 Å². The molecule has 176 valence electrons. The molecule has 0 aliphatic carbocycles. The molecule has 0 unspecified atom stereocenters. The molecule has 33 heavy (non-hydrogen) atoms. The van der Waals surface area contributed by atoms with Crippen LogP contribution in [0.2, 0.25) is 0 Å². The number of aliphatic carboxylic acids is 1. The fourth-order valence-corrected chi connectivity index (χ4v) is 3.27. The number of alkyl halides is 3. The van der Waals surface area contributed by atoms with E-state index in [0.29, 0.717) is 30.1 Å². The summed E-state index contributed by atoms with van der Waals surface area (Å²) in [6.07, 6.45) is -4.37. The van der Waals surface area contributed by atoms with Crippen molar-refractivity contribution in [2.75, 3.05) is 7.05 Å². The van der Waals surface area contributed by atoms with Crippen molar-refractivity contribution in [3.05, 3.63) is 71.4 Å². The molecule has 0 saturated heterocycles. The quantitative estimate of drug-likeness (QED) is 0.513. The van der Waals surface area contributed by atoms with Crippen LogP contribution in [0.5, 0.6) is 5.75 Å². The van der Waals surface area contributed by atoms with Crippen molar-refractivity contribution in [2.45, 2.75) is 38.7 Å². The number of carboxylic acid groups (broad SMARTS) is 1. The number of benzene rings is 2. The number of ether oxygens (including phenoxy) is 1. The summed E-state index contributed by atoms with van der Waals surface area (Å²) in [7, 11) is 3.75. The molecule has 0 atom stereocenters. The number of carboxylic acids is 1. The van der Waals surface area contributed by atoms with E-state index in [0.717, 1.165) is 23.4 Å². The zero-order valence-electron chi connectivity index (χ0n) is 18.8. The fraction of sp³-hybridized carbons (Fsp3) is 0.333. The van der Waals surface area contributed by atoms with Crippen LogP contribution in [0, 0.1) is 0 Å². The molecule has 9 heteroatoms. The molecule has 3 aromatic rings. The van der Waals surface area contributed by atoms with Gasteiger partial charge < -0.3 is 9.84 Å². The third-order valence-corrected chi connectivity index (χ3v) is 5.18. The number of aromatic nitrogens is 2. The lowest BCUT2D eigenvalue weighted by Crippen LogP contribution is -2.37. The summed E-state index contributed by atoms with van der Waals surface area (Å²) in [5, 5.41) is 13.6. The van der Waals surface area contributed by atoms with Crippen LogP contribution in [0.3, 0.4) is 0 Å². The molecule has 1 N–H and O–H groups in total. The SMILES string of the molecule is CN(Cc1ccc(OC(C)(C)C(=O)O)cc1)Cc1cc(-c2ccc(C(F)(F)F)cc2)nn1C. The Morgan fingerprint density at radius 1 is 1.06 bits per heavy atom. The molecule has 0 aliphatic rings. The van der Waals surface area contributed by atoms with E-state index >= 15 is 0 Å². The van der Waals surface area contributed by atoms with Crippen LogP contribution in [0.1, 0.15) is 30.7 Å². The monoisotopic (exact) mass is 461 g/mol. The Morgan fingerprint density at radius 2 is 1.67 bits per heavy atom. The molecule has 6 nitrogen and oxygen atoms in total. The van der Waals surface area contributed by atoms with Crippen molar-refractivity contribution < 1.29 is 27.8 Å². The van der Waals surface area contributed by atoms with Crippen LogP contribution in [-0.2, 0) is 31.1 Å². The summed E-state index contributed by atoms with van der Waals surface area (Å²) in [5.41, 5.74) is 1.15. The van der Waals surface area contributed by atoms with Crippen molar-refractivity contribution >= 4 is 5.97 Å². The summed E-state index contributed by atoms with van der Waals surface area (Å²) in [6.45, 7) is 4.19. The van der Waals surface area contributed by atoms with Crippen LogP contribution >= 0.6 is 0 Å². The van der Waals surface area contributed by atoms with Crippen molar-refractivity contribution in [3.8, 4) is 17.0 Å². The van der Waals surface area contributed by atoms with E-state index in [1.165, 1.54) is 26.0 Å². The van der Waals surface area contributed by atoms with Gasteiger partial charge in [0.05, 0.1) is 17.0 Å². The summed E-state index contributed by atoms with van der Waals surface area (Å²) in [6, 6.07) is 14.1. The van der Waals surface area contributed by atoms with Gasteiger partial charge in [-0.2, -0.15) is 18.3 Å². The summed E-state index contributed by atoms with van der Waals surface area (Å²) in [5.74, 6) is -0.570. The van der Waals surface area contributed by atoms with Gasteiger partial charge in [-0.25, -0.2) is 4.79 Å². The van der Waals surface area contributed by atoms with Crippen LogP contribution < -0.4 is 4.74 Å². The van der Waals surface area contributed by atoms with Crippen molar-refractivity contribution in [3.63, 3.8) is 0 Å². The van der Waals surface area contributed by atoms with Crippen molar-refractivity contribution in [1.82, 2.24) is 14.7 Å². The second-order valence-corrected chi connectivity index (χ2v) is 8.45. The molecule has 0 saturated carbocycles. The number of nitrogens with zero attached hydrogens (tertiary/aromatic N) is 3.